The van der Waals surface area contributed by atoms with Crippen molar-refractivity contribution in [3.8, 4) is 0 Å². The van der Waals surface area contributed by atoms with Gasteiger partial charge in [0.25, 0.3) is 0 Å². The number of nitrogens with two attached hydrogens (primary N) is 1. The predicted octanol–water partition coefficient (Wildman–Crippen LogP) is 0.0430. The first-order valence-corrected chi connectivity index (χ1v) is 5.54. The first-order valence-electron chi connectivity index (χ1n) is 4.66. The molecule has 0 aromatic carbocycles. The second-order valence-electron chi connectivity index (χ2n) is 3.08. The van der Waals surface area contributed by atoms with Gasteiger partial charge in [-0.3, -0.25) is 4.79 Å². The van der Waals surface area contributed by atoms with E-state index in [9.17, 15) is 4.79 Å². The molecule has 0 saturated carbocycles. The maximum Gasteiger partial charge on any atom is 0.243 e. The number of aromatic nitrogens is 1. The second-order valence-corrected chi connectivity index (χ2v) is 4.02. The van der Waals surface area contributed by atoms with E-state index in [1.165, 1.54) is 0 Å². The molecule has 1 heterocycles. The quantitative estimate of drug-likeness (QED) is 0.647. The molecule has 84 valence electrons. The predicted molar refractivity (Wildman–Crippen MR) is 58.6 cm³/mol. The van der Waals surface area contributed by atoms with Gasteiger partial charge in [-0.1, -0.05) is 0 Å². The fourth-order valence-corrected chi connectivity index (χ4v) is 1.74. The van der Waals surface area contributed by atoms with Crippen molar-refractivity contribution in [2.45, 2.75) is 13.5 Å². The first kappa shape index (κ1) is 12.1. The highest BCUT2D eigenvalue weighted by Gasteiger charge is 1.97. The van der Waals surface area contributed by atoms with E-state index in [0.29, 0.717) is 13.2 Å². The fourth-order valence-electron chi connectivity index (χ4n) is 0.996. The molecule has 0 aliphatic carbocycles. The Balaban J connectivity index is 2.00. The highest BCUT2D eigenvalue weighted by Crippen LogP contribution is 2.07. The van der Waals surface area contributed by atoms with Gasteiger partial charge in [0.2, 0.25) is 5.91 Å². The molecule has 0 unspecified atom stereocenters. The molecule has 0 spiro atoms. The number of nitrogens with zero attached hydrogens (tertiary/aromatic N) is 1. The molecule has 1 aromatic heterocycles. The molecule has 6 heteroatoms. The van der Waals surface area contributed by atoms with Crippen LogP contribution in [0, 0.1) is 6.92 Å². The molecule has 1 amide bonds. The van der Waals surface area contributed by atoms with Crippen molar-refractivity contribution >= 4 is 17.2 Å². The van der Waals surface area contributed by atoms with Crippen molar-refractivity contribution in [3.05, 3.63) is 16.1 Å². The lowest BCUT2D eigenvalue weighted by molar-refractivity contribution is -0.122. The van der Waals surface area contributed by atoms with Gasteiger partial charge < -0.3 is 15.8 Å². The summed E-state index contributed by atoms with van der Waals surface area (Å²) in [7, 11) is 0. The Bertz CT molecular complexity index is 314. The van der Waals surface area contributed by atoms with Crippen molar-refractivity contribution in [1.29, 1.82) is 0 Å². The molecule has 0 saturated heterocycles. The van der Waals surface area contributed by atoms with Crippen LogP contribution >= 0.6 is 11.3 Å². The molecule has 1 aromatic rings. The van der Waals surface area contributed by atoms with Crippen LogP contribution < -0.4 is 11.1 Å². The number of nitrogens with one attached hydrogen (secondary N) is 1. The third-order valence-corrected chi connectivity index (χ3v) is 2.58. The third kappa shape index (κ3) is 5.46. The maximum atomic E-state index is 10.3. The molecule has 0 bridgehead atoms. The molecule has 0 aliphatic heterocycles. The lowest BCUT2D eigenvalue weighted by atomic mass is 10.5. The van der Waals surface area contributed by atoms with Crippen LogP contribution in [0.5, 0.6) is 0 Å². The van der Waals surface area contributed by atoms with Gasteiger partial charge in [0.15, 0.2) is 0 Å². The highest BCUT2D eigenvalue weighted by atomic mass is 32.1. The van der Waals surface area contributed by atoms with E-state index < -0.39 is 5.91 Å². The average Bonchev–Trinajstić information content (AvgIpc) is 2.57. The molecule has 0 radical (unpaired) electrons. The van der Waals surface area contributed by atoms with E-state index in [1.54, 1.807) is 11.3 Å². The number of amides is 1. The Kier molecular flexibility index (Phi) is 5.23. The van der Waals surface area contributed by atoms with Crippen LogP contribution in [-0.2, 0) is 16.1 Å². The van der Waals surface area contributed by atoms with Gasteiger partial charge in [0.1, 0.15) is 11.6 Å². The van der Waals surface area contributed by atoms with Crippen molar-refractivity contribution in [1.82, 2.24) is 10.3 Å². The monoisotopic (exact) mass is 229 g/mol. The molecule has 1 rings (SSSR count). The number of ether oxygens (including phenoxy) is 1. The van der Waals surface area contributed by atoms with Crippen LogP contribution in [0.3, 0.4) is 0 Å². The van der Waals surface area contributed by atoms with Crippen molar-refractivity contribution in [2.75, 3.05) is 19.8 Å². The van der Waals surface area contributed by atoms with Gasteiger partial charge in [-0.05, 0) is 6.92 Å². The van der Waals surface area contributed by atoms with Gasteiger partial charge in [0, 0.05) is 24.2 Å². The van der Waals surface area contributed by atoms with Gasteiger partial charge >= 0.3 is 0 Å². The first-order chi connectivity index (χ1) is 7.18. The third-order valence-electron chi connectivity index (χ3n) is 1.61. The summed E-state index contributed by atoms with van der Waals surface area (Å²) in [6, 6.07) is 0. The van der Waals surface area contributed by atoms with E-state index in [-0.39, 0.29) is 6.61 Å². The standard InChI is InChI=1S/C9H15N3O2S/c1-7-6-15-9(12-7)4-11-2-3-14-5-8(10)13/h6,11H,2-5H2,1H3,(H2,10,13). The van der Waals surface area contributed by atoms with Gasteiger partial charge in [0.05, 0.1) is 6.61 Å². The van der Waals surface area contributed by atoms with Crippen molar-refractivity contribution in [3.63, 3.8) is 0 Å². The Morgan fingerprint density at radius 2 is 2.53 bits per heavy atom. The summed E-state index contributed by atoms with van der Waals surface area (Å²) in [4.78, 5) is 14.6. The Hall–Kier alpha value is -0.980. The summed E-state index contributed by atoms with van der Waals surface area (Å²) in [5.74, 6) is -0.439. The summed E-state index contributed by atoms with van der Waals surface area (Å²) >= 11 is 1.63. The number of primary amides is 1. The number of aryl methyl sites for hydroxylation is 1. The highest BCUT2D eigenvalue weighted by molar-refractivity contribution is 7.09. The zero-order valence-corrected chi connectivity index (χ0v) is 9.47. The molecular formula is C9H15N3O2S. The Morgan fingerprint density at radius 1 is 1.73 bits per heavy atom. The minimum absolute atomic E-state index is 0.0158. The lowest BCUT2D eigenvalue weighted by Crippen LogP contribution is -2.23. The van der Waals surface area contributed by atoms with E-state index in [2.05, 4.69) is 10.3 Å². The molecular weight excluding hydrogens is 214 g/mol. The number of carbonyl (C=O) groups excluding carboxylic acids is 1. The fraction of sp³-hybridized carbons (Fsp3) is 0.556. The van der Waals surface area contributed by atoms with E-state index in [1.807, 2.05) is 12.3 Å². The average molecular weight is 229 g/mol. The van der Waals surface area contributed by atoms with Crippen LogP contribution in [0.4, 0.5) is 0 Å². The van der Waals surface area contributed by atoms with E-state index in [4.69, 9.17) is 10.5 Å². The summed E-state index contributed by atoms with van der Waals surface area (Å²) in [5.41, 5.74) is 5.95. The van der Waals surface area contributed by atoms with Crippen molar-refractivity contribution < 1.29 is 9.53 Å². The molecule has 3 N–H and O–H groups in total. The Morgan fingerprint density at radius 3 is 3.13 bits per heavy atom. The maximum absolute atomic E-state index is 10.3. The zero-order valence-electron chi connectivity index (χ0n) is 8.66. The van der Waals surface area contributed by atoms with Crippen LogP contribution in [0.15, 0.2) is 5.38 Å². The summed E-state index contributed by atoms with van der Waals surface area (Å²) in [6.07, 6.45) is 0. The largest absolute Gasteiger partial charge is 0.370 e. The van der Waals surface area contributed by atoms with E-state index in [0.717, 1.165) is 17.2 Å². The molecule has 0 atom stereocenters. The molecule has 0 aliphatic rings. The summed E-state index contributed by atoms with van der Waals surface area (Å²) in [5, 5.41) is 6.23. The lowest BCUT2D eigenvalue weighted by Gasteiger charge is -2.02. The topological polar surface area (TPSA) is 77.2 Å². The smallest absolute Gasteiger partial charge is 0.243 e. The number of rotatable bonds is 7. The van der Waals surface area contributed by atoms with Gasteiger partial charge in [-0.25, -0.2) is 4.98 Å². The summed E-state index contributed by atoms with van der Waals surface area (Å²) in [6.45, 7) is 3.85. The van der Waals surface area contributed by atoms with Gasteiger partial charge in [-0.15, -0.1) is 11.3 Å². The van der Waals surface area contributed by atoms with Crippen molar-refractivity contribution in [2.24, 2.45) is 5.73 Å². The Labute approximate surface area is 92.6 Å². The summed E-state index contributed by atoms with van der Waals surface area (Å²) < 4.78 is 4.98. The van der Waals surface area contributed by atoms with Crippen LogP contribution in [0.25, 0.3) is 0 Å². The molecule has 5 nitrogen and oxygen atoms in total. The normalized spacial score (nSPS) is 10.5. The number of thiazole rings is 1. The van der Waals surface area contributed by atoms with E-state index >= 15 is 0 Å². The zero-order chi connectivity index (χ0) is 11.1. The number of hydrogen-bond acceptors (Lipinski definition) is 5. The van der Waals surface area contributed by atoms with Crippen LogP contribution in [0.2, 0.25) is 0 Å². The minimum atomic E-state index is -0.439. The van der Waals surface area contributed by atoms with Gasteiger partial charge in [-0.2, -0.15) is 0 Å². The number of hydrogen-bond donors (Lipinski definition) is 2. The molecule has 0 fully saturated rings. The SMILES string of the molecule is Cc1csc(CNCCOCC(N)=O)n1. The van der Waals surface area contributed by atoms with Crippen LogP contribution in [0.1, 0.15) is 10.7 Å². The second kappa shape index (κ2) is 6.49. The molecule has 15 heavy (non-hydrogen) atoms. The van der Waals surface area contributed by atoms with Crippen LogP contribution in [-0.4, -0.2) is 30.6 Å². The minimum Gasteiger partial charge on any atom is -0.370 e. The number of carbonyl (C=O) groups is 1.